The van der Waals surface area contributed by atoms with E-state index < -0.39 is 0 Å². The number of nitrogen functional groups attached to an aromatic ring is 1. The maximum absolute atomic E-state index is 13.5. The van der Waals surface area contributed by atoms with Crippen LogP contribution in [0, 0.1) is 18.3 Å². The van der Waals surface area contributed by atoms with Gasteiger partial charge in [0.2, 0.25) is 0 Å². The fourth-order valence-corrected chi connectivity index (χ4v) is 4.14. The summed E-state index contributed by atoms with van der Waals surface area (Å²) in [5.74, 6) is -0.234. The summed E-state index contributed by atoms with van der Waals surface area (Å²) in [5.41, 5.74) is 10.2. The average molecular weight is 462 g/mol. The van der Waals surface area contributed by atoms with Gasteiger partial charge in [0.25, 0.3) is 5.91 Å². The third-order valence-corrected chi connectivity index (χ3v) is 6.15. The van der Waals surface area contributed by atoms with E-state index in [0.717, 1.165) is 24.1 Å². The molecule has 3 aromatic carbocycles. The van der Waals surface area contributed by atoms with Gasteiger partial charge >= 0.3 is 0 Å². The van der Waals surface area contributed by atoms with Gasteiger partial charge in [0.05, 0.1) is 29.1 Å². The summed E-state index contributed by atoms with van der Waals surface area (Å²) in [7, 11) is 0. The number of carbonyl (C=O) groups is 2. The van der Waals surface area contributed by atoms with Crippen molar-refractivity contribution in [2.45, 2.75) is 25.8 Å². The van der Waals surface area contributed by atoms with Crippen LogP contribution in [0.4, 0.5) is 11.5 Å². The Morgan fingerprint density at radius 3 is 2.51 bits per heavy atom. The summed E-state index contributed by atoms with van der Waals surface area (Å²) in [6.45, 7) is 1.90. The number of aryl methyl sites for hydroxylation is 1. The van der Waals surface area contributed by atoms with E-state index in [4.69, 9.17) is 11.0 Å². The number of amides is 1. The third kappa shape index (κ3) is 4.18. The Labute approximate surface area is 203 Å². The zero-order chi connectivity index (χ0) is 24.5. The summed E-state index contributed by atoms with van der Waals surface area (Å²) in [4.78, 5) is 28.5. The van der Waals surface area contributed by atoms with Crippen LogP contribution in [0.5, 0.6) is 0 Å². The van der Waals surface area contributed by atoms with E-state index >= 15 is 0 Å². The molecule has 0 atom stereocenters. The number of aromatic nitrogens is 2. The van der Waals surface area contributed by atoms with Gasteiger partial charge in [0.1, 0.15) is 5.82 Å². The maximum atomic E-state index is 13.5. The van der Waals surface area contributed by atoms with Gasteiger partial charge in [0.15, 0.2) is 5.78 Å². The lowest BCUT2D eigenvalue weighted by atomic mass is 10.0. The minimum absolute atomic E-state index is 0.0877. The van der Waals surface area contributed by atoms with Crippen LogP contribution in [-0.4, -0.2) is 27.5 Å². The van der Waals surface area contributed by atoms with Crippen molar-refractivity contribution in [2.75, 3.05) is 10.6 Å². The Kier molecular flexibility index (Phi) is 5.63. The highest BCUT2D eigenvalue weighted by Crippen LogP contribution is 2.33. The summed E-state index contributed by atoms with van der Waals surface area (Å²) < 4.78 is 1.48. The lowest BCUT2D eigenvalue weighted by molar-refractivity contribution is 0.0984. The minimum atomic E-state index is -0.320. The van der Waals surface area contributed by atoms with Gasteiger partial charge < -0.3 is 10.6 Å². The zero-order valence-electron chi connectivity index (χ0n) is 19.2. The highest BCUT2D eigenvalue weighted by molar-refractivity contribution is 6.12. The van der Waals surface area contributed by atoms with Gasteiger partial charge in [-0.3, -0.25) is 9.59 Å². The first-order valence-electron chi connectivity index (χ1n) is 11.4. The van der Waals surface area contributed by atoms with Crippen LogP contribution < -0.4 is 10.6 Å². The topological polar surface area (TPSA) is 105 Å². The van der Waals surface area contributed by atoms with Crippen LogP contribution in [-0.2, 0) is 0 Å². The lowest BCUT2D eigenvalue weighted by Gasteiger charge is -2.23. The fraction of sp³-hybridized carbons (Fsp3) is 0.143. The number of ketones is 1. The van der Waals surface area contributed by atoms with Crippen molar-refractivity contribution < 1.29 is 9.59 Å². The van der Waals surface area contributed by atoms with E-state index in [2.05, 4.69) is 5.10 Å². The predicted molar refractivity (Wildman–Crippen MR) is 134 cm³/mol. The Morgan fingerprint density at radius 2 is 1.80 bits per heavy atom. The molecule has 7 heteroatoms. The molecule has 0 radical (unpaired) electrons. The molecule has 0 saturated heterocycles. The van der Waals surface area contributed by atoms with Gasteiger partial charge in [-0.15, -0.1) is 0 Å². The van der Waals surface area contributed by atoms with Crippen molar-refractivity contribution in [1.29, 1.82) is 5.26 Å². The molecular weight excluding hydrogens is 438 g/mol. The van der Waals surface area contributed by atoms with Gasteiger partial charge in [-0.1, -0.05) is 36.4 Å². The average Bonchev–Trinajstić information content (AvgIpc) is 3.65. The molecule has 7 nitrogen and oxygen atoms in total. The van der Waals surface area contributed by atoms with Crippen molar-refractivity contribution in [3.05, 3.63) is 107 Å². The highest BCUT2D eigenvalue weighted by Gasteiger charge is 2.34. The van der Waals surface area contributed by atoms with Crippen LogP contribution >= 0.6 is 0 Å². The second-order valence-corrected chi connectivity index (χ2v) is 8.62. The van der Waals surface area contributed by atoms with Crippen molar-refractivity contribution in [3.63, 3.8) is 0 Å². The van der Waals surface area contributed by atoms with Crippen molar-refractivity contribution in [3.8, 4) is 11.8 Å². The fourth-order valence-electron chi connectivity index (χ4n) is 4.14. The molecule has 1 aliphatic rings. The second kappa shape index (κ2) is 8.92. The minimum Gasteiger partial charge on any atom is -0.383 e. The van der Waals surface area contributed by atoms with Crippen LogP contribution in [0.2, 0.25) is 0 Å². The molecule has 1 heterocycles. The molecule has 172 valence electrons. The van der Waals surface area contributed by atoms with Gasteiger partial charge in [-0.25, -0.2) is 4.68 Å². The monoisotopic (exact) mass is 461 g/mol. The molecule has 1 amide bonds. The summed E-state index contributed by atoms with van der Waals surface area (Å²) >= 11 is 0. The molecule has 0 aliphatic heterocycles. The van der Waals surface area contributed by atoms with Crippen molar-refractivity contribution in [1.82, 2.24) is 9.78 Å². The van der Waals surface area contributed by atoms with Crippen LogP contribution in [0.3, 0.4) is 0 Å². The predicted octanol–water partition coefficient (Wildman–Crippen LogP) is 4.67. The molecule has 0 bridgehead atoms. The summed E-state index contributed by atoms with van der Waals surface area (Å²) in [5, 5.41) is 13.5. The number of nitrogens with two attached hydrogens (primary N) is 1. The molecule has 2 N–H and O–H groups in total. The number of anilines is 2. The molecule has 5 rings (SSSR count). The van der Waals surface area contributed by atoms with Gasteiger partial charge in [-0.05, 0) is 61.7 Å². The molecule has 4 aromatic rings. The first-order valence-corrected chi connectivity index (χ1v) is 11.4. The largest absolute Gasteiger partial charge is 0.383 e. The van der Waals surface area contributed by atoms with Crippen LogP contribution in [0.15, 0.2) is 79.0 Å². The first-order chi connectivity index (χ1) is 17.0. The SMILES string of the molecule is Cc1ccc(C(=O)N(c2ccccc2)C2CC2)cc1-n1ncc(C(=O)c2cccc(C#N)c2)c1N. The summed E-state index contributed by atoms with van der Waals surface area (Å²) in [6.07, 6.45) is 3.37. The Bertz CT molecular complexity index is 1480. The molecule has 1 saturated carbocycles. The number of rotatable bonds is 6. The van der Waals surface area contributed by atoms with E-state index in [-0.39, 0.29) is 29.1 Å². The Balaban J connectivity index is 1.50. The van der Waals surface area contributed by atoms with E-state index in [1.54, 1.807) is 30.3 Å². The highest BCUT2D eigenvalue weighted by atomic mass is 16.2. The summed E-state index contributed by atoms with van der Waals surface area (Å²) in [6, 6.07) is 23.8. The van der Waals surface area contributed by atoms with Crippen LogP contribution in [0.25, 0.3) is 5.69 Å². The number of benzene rings is 3. The number of hydrogen-bond donors (Lipinski definition) is 1. The van der Waals surface area contributed by atoms with Crippen molar-refractivity contribution >= 4 is 23.2 Å². The maximum Gasteiger partial charge on any atom is 0.258 e. The molecular formula is C28H23N5O2. The Morgan fingerprint density at radius 1 is 1.03 bits per heavy atom. The molecule has 0 spiro atoms. The van der Waals surface area contributed by atoms with E-state index in [1.807, 2.05) is 54.3 Å². The van der Waals surface area contributed by atoms with Crippen LogP contribution in [0.1, 0.15) is 50.2 Å². The number of para-hydroxylation sites is 1. The molecule has 1 aromatic heterocycles. The normalized spacial score (nSPS) is 12.7. The molecule has 1 aliphatic carbocycles. The first kappa shape index (κ1) is 22.1. The van der Waals surface area contributed by atoms with E-state index in [1.165, 1.54) is 16.9 Å². The number of hydrogen-bond acceptors (Lipinski definition) is 5. The lowest BCUT2D eigenvalue weighted by Crippen LogP contribution is -2.33. The van der Waals surface area contributed by atoms with Gasteiger partial charge in [-0.2, -0.15) is 10.4 Å². The third-order valence-electron chi connectivity index (χ3n) is 6.15. The number of carbonyl (C=O) groups excluding carboxylic acids is 2. The van der Waals surface area contributed by atoms with E-state index in [9.17, 15) is 9.59 Å². The zero-order valence-corrected chi connectivity index (χ0v) is 19.2. The van der Waals surface area contributed by atoms with E-state index in [0.29, 0.717) is 22.4 Å². The number of nitriles is 1. The standard InChI is InChI=1S/C28H23N5O2/c1-18-10-11-21(28(35)32(23-12-13-23)22-8-3-2-4-9-22)15-25(18)33-27(30)24(17-31-33)26(34)20-7-5-6-19(14-20)16-29/h2-11,14-15,17,23H,12-13,30H2,1H3. The molecule has 35 heavy (non-hydrogen) atoms. The quantitative estimate of drug-likeness (QED) is 0.420. The second-order valence-electron chi connectivity index (χ2n) is 8.62. The number of nitrogens with zero attached hydrogens (tertiary/aromatic N) is 4. The van der Waals surface area contributed by atoms with Crippen molar-refractivity contribution in [2.24, 2.45) is 0 Å². The molecule has 1 fully saturated rings. The molecule has 0 unspecified atom stereocenters. The Hall–Kier alpha value is -4.70. The van der Waals surface area contributed by atoms with Gasteiger partial charge in [0, 0.05) is 22.9 Å². The smallest absolute Gasteiger partial charge is 0.258 e.